The second-order valence-electron chi connectivity index (χ2n) is 5.14. The third kappa shape index (κ3) is 3.75. The molecule has 0 aromatic heterocycles. The molecule has 0 saturated heterocycles. The molecular weight excluding hydrogens is 287 g/mol. The van der Waals surface area contributed by atoms with Crippen molar-refractivity contribution in [3.8, 4) is 0 Å². The summed E-state index contributed by atoms with van der Waals surface area (Å²) in [5.41, 5.74) is 1.67. The average molecular weight is 305 g/mol. The second-order valence-corrected chi connectivity index (χ2v) is 5.14. The number of rotatable bonds is 4. The highest BCUT2D eigenvalue weighted by molar-refractivity contribution is 6.03. The van der Waals surface area contributed by atoms with Crippen LogP contribution in [0.1, 0.15) is 36.5 Å². The third-order valence-corrected chi connectivity index (χ3v) is 3.40. The molecular formula is C18H18F3N. The van der Waals surface area contributed by atoms with E-state index in [0.717, 1.165) is 18.1 Å². The number of hydrogen-bond acceptors (Lipinski definition) is 1. The van der Waals surface area contributed by atoms with E-state index >= 15 is 0 Å². The van der Waals surface area contributed by atoms with Gasteiger partial charge in [-0.15, -0.1) is 0 Å². The van der Waals surface area contributed by atoms with E-state index in [1.54, 1.807) is 6.07 Å². The van der Waals surface area contributed by atoms with Gasteiger partial charge in [0.25, 0.3) is 0 Å². The van der Waals surface area contributed by atoms with Crippen LogP contribution in [0.25, 0.3) is 0 Å². The molecule has 0 fully saturated rings. The average Bonchev–Trinajstić information content (AvgIpc) is 2.48. The zero-order valence-electron chi connectivity index (χ0n) is 12.6. The van der Waals surface area contributed by atoms with Crippen molar-refractivity contribution in [3.63, 3.8) is 0 Å². The minimum Gasteiger partial charge on any atom is -0.253 e. The van der Waals surface area contributed by atoms with Gasteiger partial charge in [-0.3, -0.25) is 4.99 Å². The van der Waals surface area contributed by atoms with Gasteiger partial charge in [-0.25, -0.2) is 0 Å². The number of aliphatic imine (C=N–C) groups is 1. The monoisotopic (exact) mass is 305 g/mol. The van der Waals surface area contributed by atoms with Crippen molar-refractivity contribution in [3.05, 3.63) is 65.2 Å². The van der Waals surface area contributed by atoms with Crippen molar-refractivity contribution in [2.75, 3.05) is 0 Å². The maximum absolute atomic E-state index is 13.2. The predicted octanol–water partition coefficient (Wildman–Crippen LogP) is 5.93. The predicted molar refractivity (Wildman–Crippen MR) is 83.7 cm³/mol. The lowest BCUT2D eigenvalue weighted by atomic mass is 9.99. The fourth-order valence-electron chi connectivity index (χ4n) is 2.30. The zero-order valence-corrected chi connectivity index (χ0v) is 12.6. The van der Waals surface area contributed by atoms with E-state index in [1.165, 1.54) is 12.1 Å². The van der Waals surface area contributed by atoms with Gasteiger partial charge in [0, 0.05) is 11.3 Å². The highest BCUT2D eigenvalue weighted by atomic mass is 19.4. The van der Waals surface area contributed by atoms with Crippen LogP contribution in [0.3, 0.4) is 0 Å². The Labute approximate surface area is 128 Å². The van der Waals surface area contributed by atoms with Crippen LogP contribution in [0.4, 0.5) is 18.9 Å². The van der Waals surface area contributed by atoms with Gasteiger partial charge in [-0.1, -0.05) is 49.7 Å². The number of hydrogen-bond donors (Lipinski definition) is 0. The number of para-hydroxylation sites is 1. The van der Waals surface area contributed by atoms with E-state index in [4.69, 9.17) is 0 Å². The molecule has 0 aliphatic rings. The fraction of sp³-hybridized carbons (Fsp3) is 0.278. The molecule has 116 valence electrons. The maximum atomic E-state index is 13.2. The third-order valence-electron chi connectivity index (χ3n) is 3.40. The second kappa shape index (κ2) is 6.77. The van der Waals surface area contributed by atoms with Gasteiger partial charge in [0.15, 0.2) is 0 Å². The van der Waals surface area contributed by atoms with Crippen LogP contribution in [0, 0.1) is 6.92 Å². The highest BCUT2D eigenvalue weighted by Crippen LogP contribution is 2.33. The van der Waals surface area contributed by atoms with Crippen LogP contribution >= 0.6 is 0 Å². The smallest absolute Gasteiger partial charge is 0.253 e. The van der Waals surface area contributed by atoms with E-state index in [9.17, 15) is 13.2 Å². The minimum absolute atomic E-state index is 0.167. The molecule has 0 amide bonds. The van der Waals surface area contributed by atoms with E-state index in [1.807, 2.05) is 38.1 Å². The van der Waals surface area contributed by atoms with Crippen molar-refractivity contribution in [1.82, 2.24) is 0 Å². The van der Waals surface area contributed by atoms with Gasteiger partial charge < -0.3 is 0 Å². The molecule has 2 aromatic rings. The Hall–Kier alpha value is -2.10. The molecule has 0 saturated carbocycles. The molecule has 1 nitrogen and oxygen atoms in total. The fourth-order valence-corrected chi connectivity index (χ4v) is 2.30. The number of nitrogens with zero attached hydrogens (tertiary/aromatic N) is 1. The van der Waals surface area contributed by atoms with Gasteiger partial charge >= 0.3 is 6.18 Å². The van der Waals surface area contributed by atoms with Crippen molar-refractivity contribution in [2.24, 2.45) is 4.99 Å². The summed E-state index contributed by atoms with van der Waals surface area (Å²) in [6.07, 6.45) is -3.14. The Morgan fingerprint density at radius 2 is 1.64 bits per heavy atom. The van der Waals surface area contributed by atoms with Crippen LogP contribution in [0.2, 0.25) is 0 Å². The van der Waals surface area contributed by atoms with E-state index in [-0.39, 0.29) is 5.56 Å². The van der Waals surface area contributed by atoms with Gasteiger partial charge in [-0.2, -0.15) is 13.2 Å². The summed E-state index contributed by atoms with van der Waals surface area (Å²) in [6.45, 7) is 3.83. The lowest BCUT2D eigenvalue weighted by Crippen LogP contribution is -2.13. The molecule has 22 heavy (non-hydrogen) atoms. The number of halogens is 3. The molecule has 2 aromatic carbocycles. The Morgan fingerprint density at radius 3 is 2.27 bits per heavy atom. The maximum Gasteiger partial charge on any atom is 0.417 e. The molecule has 0 N–H and O–H groups in total. The molecule has 0 spiro atoms. The first-order valence-electron chi connectivity index (χ1n) is 7.23. The molecule has 0 aliphatic heterocycles. The normalized spacial score (nSPS) is 12.5. The summed E-state index contributed by atoms with van der Waals surface area (Å²) < 4.78 is 39.6. The molecule has 0 unspecified atom stereocenters. The van der Waals surface area contributed by atoms with E-state index < -0.39 is 11.7 Å². The molecule has 4 heteroatoms. The van der Waals surface area contributed by atoms with Crippen LogP contribution in [-0.4, -0.2) is 5.71 Å². The first-order chi connectivity index (χ1) is 10.4. The Bertz CT molecular complexity index is 672. The Kier molecular flexibility index (Phi) is 5.01. The summed E-state index contributed by atoms with van der Waals surface area (Å²) in [6, 6.07) is 13.1. The standard InChI is InChI=1S/C18H18F3N/c1-3-8-17(22-16-12-7-4-9-13(16)2)14-10-5-6-11-15(14)18(19,20)21/h4-7,9-12H,3,8H2,1-2H3/b22-17+. The molecule has 0 radical (unpaired) electrons. The minimum atomic E-state index is -4.38. The molecule has 0 aliphatic carbocycles. The quantitative estimate of drug-likeness (QED) is 0.620. The lowest BCUT2D eigenvalue weighted by Gasteiger charge is -2.14. The van der Waals surface area contributed by atoms with Crippen molar-refractivity contribution < 1.29 is 13.2 Å². The summed E-state index contributed by atoms with van der Waals surface area (Å²) in [4.78, 5) is 4.51. The first-order valence-corrected chi connectivity index (χ1v) is 7.23. The topological polar surface area (TPSA) is 12.4 Å². The Morgan fingerprint density at radius 1 is 1.00 bits per heavy atom. The summed E-state index contributed by atoms with van der Waals surface area (Å²) in [5.74, 6) is 0. The molecule has 0 atom stereocenters. The zero-order chi connectivity index (χ0) is 16.2. The van der Waals surface area contributed by atoms with E-state index in [2.05, 4.69) is 4.99 Å². The van der Waals surface area contributed by atoms with Crippen LogP contribution in [0.15, 0.2) is 53.5 Å². The molecule has 0 bridgehead atoms. The van der Waals surface area contributed by atoms with Crippen molar-refractivity contribution in [2.45, 2.75) is 32.9 Å². The van der Waals surface area contributed by atoms with Gasteiger partial charge in [-0.05, 0) is 31.0 Å². The number of benzene rings is 2. The summed E-state index contributed by atoms with van der Waals surface area (Å²) in [5, 5.41) is 0. The largest absolute Gasteiger partial charge is 0.417 e. The van der Waals surface area contributed by atoms with Crippen molar-refractivity contribution in [1.29, 1.82) is 0 Å². The first kappa shape index (κ1) is 16.3. The summed E-state index contributed by atoms with van der Waals surface area (Å²) in [7, 11) is 0. The summed E-state index contributed by atoms with van der Waals surface area (Å²) >= 11 is 0. The Balaban J connectivity index is 2.57. The molecule has 2 rings (SSSR count). The molecule has 0 heterocycles. The van der Waals surface area contributed by atoms with E-state index in [0.29, 0.717) is 17.8 Å². The number of aryl methyl sites for hydroxylation is 1. The van der Waals surface area contributed by atoms with Gasteiger partial charge in [0.1, 0.15) is 0 Å². The van der Waals surface area contributed by atoms with Crippen molar-refractivity contribution >= 4 is 11.4 Å². The SMILES string of the molecule is CCC/C(=N\c1ccccc1C)c1ccccc1C(F)(F)F. The number of alkyl halides is 3. The van der Waals surface area contributed by atoms with Gasteiger partial charge in [0.05, 0.1) is 11.3 Å². The van der Waals surface area contributed by atoms with Crippen LogP contribution in [0.5, 0.6) is 0 Å². The van der Waals surface area contributed by atoms with Crippen LogP contribution in [-0.2, 0) is 6.18 Å². The highest BCUT2D eigenvalue weighted by Gasteiger charge is 2.33. The lowest BCUT2D eigenvalue weighted by molar-refractivity contribution is -0.137. The van der Waals surface area contributed by atoms with Gasteiger partial charge in [0.2, 0.25) is 0 Å². The van der Waals surface area contributed by atoms with Crippen LogP contribution < -0.4 is 0 Å².